The molecule has 1 fully saturated rings. The first-order chi connectivity index (χ1) is 9.65. The van der Waals surface area contributed by atoms with Gasteiger partial charge in [-0.1, -0.05) is 30.9 Å². The van der Waals surface area contributed by atoms with Gasteiger partial charge in [0, 0.05) is 18.3 Å². The third kappa shape index (κ3) is 3.84. The Balaban J connectivity index is 2.00. The van der Waals surface area contributed by atoms with Gasteiger partial charge >= 0.3 is 6.03 Å². The number of urea groups is 1. The Kier molecular flexibility index (Phi) is 5.20. The van der Waals surface area contributed by atoms with Crippen LogP contribution in [-0.4, -0.2) is 28.3 Å². The molecule has 0 bridgehead atoms. The van der Waals surface area contributed by atoms with Gasteiger partial charge < -0.3 is 15.7 Å². The van der Waals surface area contributed by atoms with Gasteiger partial charge in [-0.3, -0.25) is 0 Å². The molecule has 2 amide bonds. The number of carbonyl (C=O) groups is 1. The number of carbonyl (C=O) groups excluding carboxylic acids is 1. The van der Waals surface area contributed by atoms with E-state index in [4.69, 9.17) is 11.6 Å². The number of nitrogens with zero attached hydrogens (tertiary/aromatic N) is 1. The van der Waals surface area contributed by atoms with Gasteiger partial charge in [0.15, 0.2) is 5.15 Å². The van der Waals surface area contributed by atoms with Crippen LogP contribution in [-0.2, 0) is 0 Å². The summed E-state index contributed by atoms with van der Waals surface area (Å²) in [5, 5.41) is 15.2. The van der Waals surface area contributed by atoms with E-state index >= 15 is 0 Å². The number of rotatable bonds is 4. The third-order valence-electron chi connectivity index (χ3n) is 3.79. The standard InChI is InChI=1S/C14H20ClN3O2/c15-12-11(5-4-9-16-12)17-13(20)18-14(8-10-19)6-2-1-3-7-14/h4-5,9,19H,1-3,6-8,10H2,(H2,17,18,20). The van der Waals surface area contributed by atoms with Crippen molar-refractivity contribution >= 4 is 23.3 Å². The second kappa shape index (κ2) is 6.90. The lowest BCUT2D eigenvalue weighted by molar-refractivity contribution is 0.168. The number of halogens is 1. The number of amides is 2. The highest BCUT2D eigenvalue weighted by molar-refractivity contribution is 6.32. The minimum absolute atomic E-state index is 0.0773. The van der Waals surface area contributed by atoms with Crippen molar-refractivity contribution in [3.05, 3.63) is 23.5 Å². The fourth-order valence-corrected chi connectivity index (χ4v) is 2.92. The average Bonchev–Trinajstić information content (AvgIpc) is 2.42. The van der Waals surface area contributed by atoms with E-state index < -0.39 is 0 Å². The third-order valence-corrected chi connectivity index (χ3v) is 4.09. The lowest BCUT2D eigenvalue weighted by atomic mass is 9.79. The maximum absolute atomic E-state index is 12.1. The molecule has 1 aliphatic rings. The van der Waals surface area contributed by atoms with Crippen LogP contribution in [0.1, 0.15) is 38.5 Å². The van der Waals surface area contributed by atoms with Crippen LogP contribution in [0.15, 0.2) is 18.3 Å². The molecule has 0 unspecified atom stereocenters. The summed E-state index contributed by atoms with van der Waals surface area (Å²) in [7, 11) is 0. The van der Waals surface area contributed by atoms with E-state index in [9.17, 15) is 9.90 Å². The van der Waals surface area contributed by atoms with Crippen LogP contribution in [0.4, 0.5) is 10.5 Å². The molecule has 0 radical (unpaired) electrons. The Bertz CT molecular complexity index is 456. The molecule has 0 aromatic carbocycles. The van der Waals surface area contributed by atoms with Crippen LogP contribution in [0, 0.1) is 0 Å². The molecule has 1 aliphatic carbocycles. The second-order valence-electron chi connectivity index (χ2n) is 5.24. The van der Waals surface area contributed by atoms with E-state index in [1.54, 1.807) is 18.3 Å². The van der Waals surface area contributed by atoms with Gasteiger partial charge in [-0.15, -0.1) is 0 Å². The van der Waals surface area contributed by atoms with Crippen molar-refractivity contribution in [2.45, 2.75) is 44.1 Å². The fraction of sp³-hybridized carbons (Fsp3) is 0.571. The van der Waals surface area contributed by atoms with E-state index in [0.717, 1.165) is 25.7 Å². The predicted octanol–water partition coefficient (Wildman–Crippen LogP) is 2.94. The number of hydrogen-bond acceptors (Lipinski definition) is 3. The topological polar surface area (TPSA) is 74.2 Å². The molecule has 1 heterocycles. The van der Waals surface area contributed by atoms with Crippen LogP contribution >= 0.6 is 11.6 Å². The van der Waals surface area contributed by atoms with Crippen LogP contribution < -0.4 is 10.6 Å². The van der Waals surface area contributed by atoms with Crippen LogP contribution in [0.25, 0.3) is 0 Å². The molecule has 0 atom stereocenters. The van der Waals surface area contributed by atoms with E-state index in [1.165, 1.54) is 6.42 Å². The van der Waals surface area contributed by atoms with Crippen LogP contribution in [0.2, 0.25) is 5.15 Å². The number of aliphatic hydroxyl groups excluding tert-OH is 1. The summed E-state index contributed by atoms with van der Waals surface area (Å²) in [6.45, 7) is 0.0773. The summed E-state index contributed by atoms with van der Waals surface area (Å²) in [4.78, 5) is 16.0. The number of nitrogens with one attached hydrogen (secondary N) is 2. The number of aliphatic hydroxyl groups is 1. The van der Waals surface area contributed by atoms with Gasteiger partial charge in [0.1, 0.15) is 0 Å². The molecule has 3 N–H and O–H groups in total. The molecule has 5 nitrogen and oxygen atoms in total. The first-order valence-corrected chi connectivity index (χ1v) is 7.34. The molecule has 2 rings (SSSR count). The first-order valence-electron chi connectivity index (χ1n) is 6.96. The Morgan fingerprint density at radius 3 is 2.80 bits per heavy atom. The van der Waals surface area contributed by atoms with Crippen molar-refractivity contribution in [3.63, 3.8) is 0 Å². The fourth-order valence-electron chi connectivity index (χ4n) is 2.75. The van der Waals surface area contributed by atoms with Gasteiger partial charge in [0.25, 0.3) is 0 Å². The molecule has 0 saturated heterocycles. The predicted molar refractivity (Wildman–Crippen MR) is 78.9 cm³/mol. The Morgan fingerprint density at radius 2 is 2.15 bits per heavy atom. The molecule has 1 aromatic rings. The highest BCUT2D eigenvalue weighted by Crippen LogP contribution is 2.31. The summed E-state index contributed by atoms with van der Waals surface area (Å²) in [6.07, 6.45) is 7.30. The normalized spacial score (nSPS) is 17.5. The van der Waals surface area contributed by atoms with Crippen molar-refractivity contribution in [3.8, 4) is 0 Å². The van der Waals surface area contributed by atoms with E-state index in [2.05, 4.69) is 15.6 Å². The number of pyridine rings is 1. The van der Waals surface area contributed by atoms with Gasteiger partial charge in [-0.25, -0.2) is 9.78 Å². The molecule has 6 heteroatoms. The number of aromatic nitrogens is 1. The minimum atomic E-state index is -0.300. The number of hydrogen-bond donors (Lipinski definition) is 3. The molecule has 1 saturated carbocycles. The van der Waals surface area contributed by atoms with Gasteiger partial charge in [0.05, 0.1) is 5.69 Å². The van der Waals surface area contributed by atoms with Crippen molar-refractivity contribution in [2.24, 2.45) is 0 Å². The molecule has 1 aromatic heterocycles. The lowest BCUT2D eigenvalue weighted by Crippen LogP contribution is -2.51. The summed E-state index contributed by atoms with van der Waals surface area (Å²) in [5.41, 5.74) is 0.188. The van der Waals surface area contributed by atoms with Crippen molar-refractivity contribution in [1.82, 2.24) is 10.3 Å². The SMILES string of the molecule is O=C(Nc1cccnc1Cl)NC1(CCO)CCCCC1. The van der Waals surface area contributed by atoms with Crippen molar-refractivity contribution < 1.29 is 9.90 Å². The molecule has 0 spiro atoms. The molecular formula is C14H20ClN3O2. The Hall–Kier alpha value is -1.33. The van der Waals surface area contributed by atoms with Crippen molar-refractivity contribution in [2.75, 3.05) is 11.9 Å². The smallest absolute Gasteiger partial charge is 0.319 e. The van der Waals surface area contributed by atoms with Crippen LogP contribution in [0.5, 0.6) is 0 Å². The Labute approximate surface area is 123 Å². The molecule has 0 aliphatic heterocycles. The van der Waals surface area contributed by atoms with Crippen molar-refractivity contribution in [1.29, 1.82) is 0 Å². The zero-order valence-corrected chi connectivity index (χ0v) is 12.1. The number of anilines is 1. The molecule has 20 heavy (non-hydrogen) atoms. The minimum Gasteiger partial charge on any atom is -0.396 e. The monoisotopic (exact) mass is 297 g/mol. The highest BCUT2D eigenvalue weighted by Gasteiger charge is 2.33. The zero-order valence-electron chi connectivity index (χ0n) is 11.4. The first kappa shape index (κ1) is 15.1. The zero-order chi connectivity index (χ0) is 14.4. The maximum Gasteiger partial charge on any atom is 0.319 e. The molecular weight excluding hydrogens is 278 g/mol. The van der Waals surface area contributed by atoms with Gasteiger partial charge in [0.2, 0.25) is 0 Å². The van der Waals surface area contributed by atoms with E-state index in [1.807, 2.05) is 0 Å². The molecule has 110 valence electrons. The van der Waals surface area contributed by atoms with E-state index in [0.29, 0.717) is 12.1 Å². The largest absolute Gasteiger partial charge is 0.396 e. The maximum atomic E-state index is 12.1. The second-order valence-corrected chi connectivity index (χ2v) is 5.59. The summed E-state index contributed by atoms with van der Waals surface area (Å²) >= 11 is 5.91. The lowest BCUT2D eigenvalue weighted by Gasteiger charge is -2.37. The van der Waals surface area contributed by atoms with Crippen LogP contribution in [0.3, 0.4) is 0 Å². The van der Waals surface area contributed by atoms with Gasteiger partial charge in [-0.05, 0) is 31.4 Å². The summed E-state index contributed by atoms with van der Waals surface area (Å²) < 4.78 is 0. The quantitative estimate of drug-likeness (QED) is 0.748. The van der Waals surface area contributed by atoms with Gasteiger partial charge in [-0.2, -0.15) is 0 Å². The summed E-state index contributed by atoms with van der Waals surface area (Å²) in [5.74, 6) is 0. The Morgan fingerprint density at radius 1 is 1.40 bits per heavy atom. The van der Waals surface area contributed by atoms with E-state index in [-0.39, 0.29) is 23.3 Å². The summed E-state index contributed by atoms with van der Waals surface area (Å²) in [6, 6.07) is 3.12. The average molecular weight is 298 g/mol. The highest BCUT2D eigenvalue weighted by atomic mass is 35.5.